The Morgan fingerprint density at radius 2 is 2.19 bits per heavy atom. The van der Waals surface area contributed by atoms with Crippen molar-refractivity contribution in [2.75, 3.05) is 40.5 Å². The molecule has 2 atom stereocenters. The van der Waals surface area contributed by atoms with E-state index < -0.39 is 0 Å². The van der Waals surface area contributed by atoms with Crippen molar-refractivity contribution in [3.05, 3.63) is 0 Å². The van der Waals surface area contributed by atoms with E-state index >= 15 is 0 Å². The number of hydrogen-bond acceptors (Lipinski definition) is 4. The van der Waals surface area contributed by atoms with Gasteiger partial charge in [-0.15, -0.1) is 0 Å². The Hall–Kier alpha value is -0.160. The second kappa shape index (κ2) is 7.22. The molecule has 0 saturated carbocycles. The maximum absolute atomic E-state index is 5.31. The molecular formula is C12H26N2O2. The molecule has 0 aromatic heterocycles. The normalized spacial score (nSPS) is 27.9. The molecular weight excluding hydrogens is 204 g/mol. The highest BCUT2D eigenvalue weighted by molar-refractivity contribution is 4.88. The van der Waals surface area contributed by atoms with Crippen LogP contribution < -0.4 is 10.6 Å². The predicted molar refractivity (Wildman–Crippen MR) is 65.8 cm³/mol. The second-order valence-electron chi connectivity index (χ2n) is 4.89. The average molecular weight is 230 g/mol. The third-order valence-electron chi connectivity index (χ3n) is 3.28. The van der Waals surface area contributed by atoms with E-state index in [-0.39, 0.29) is 11.6 Å². The maximum atomic E-state index is 5.31. The van der Waals surface area contributed by atoms with E-state index in [1.807, 2.05) is 0 Å². The van der Waals surface area contributed by atoms with Crippen molar-refractivity contribution in [3.63, 3.8) is 0 Å². The minimum atomic E-state index is 0.150. The molecule has 0 bridgehead atoms. The van der Waals surface area contributed by atoms with Crippen LogP contribution in [0.5, 0.6) is 0 Å². The lowest BCUT2D eigenvalue weighted by Crippen LogP contribution is -2.53. The molecule has 1 fully saturated rings. The van der Waals surface area contributed by atoms with Crippen LogP contribution in [0, 0.1) is 0 Å². The molecule has 0 aromatic rings. The van der Waals surface area contributed by atoms with Gasteiger partial charge in [-0.05, 0) is 26.3 Å². The Morgan fingerprint density at radius 3 is 2.75 bits per heavy atom. The Morgan fingerprint density at radius 1 is 1.38 bits per heavy atom. The van der Waals surface area contributed by atoms with E-state index in [1.165, 1.54) is 19.3 Å². The Bertz CT molecular complexity index is 182. The van der Waals surface area contributed by atoms with Crippen LogP contribution >= 0.6 is 0 Å². The van der Waals surface area contributed by atoms with Gasteiger partial charge in [-0.1, -0.05) is 6.42 Å². The first-order valence-corrected chi connectivity index (χ1v) is 6.18. The van der Waals surface area contributed by atoms with Crippen molar-refractivity contribution in [1.29, 1.82) is 0 Å². The highest BCUT2D eigenvalue weighted by Crippen LogP contribution is 2.17. The fraction of sp³-hybridized carbons (Fsp3) is 1.00. The lowest BCUT2D eigenvalue weighted by atomic mass is 9.91. The summed E-state index contributed by atoms with van der Waals surface area (Å²) in [6, 6.07) is 0. The summed E-state index contributed by atoms with van der Waals surface area (Å²) in [6.45, 7) is 5.92. The van der Waals surface area contributed by atoms with Gasteiger partial charge in [-0.2, -0.15) is 0 Å². The summed E-state index contributed by atoms with van der Waals surface area (Å²) in [4.78, 5) is 0. The van der Waals surface area contributed by atoms with E-state index in [1.54, 1.807) is 14.2 Å². The minimum Gasteiger partial charge on any atom is -0.382 e. The first kappa shape index (κ1) is 13.9. The van der Waals surface area contributed by atoms with Crippen LogP contribution in [0.1, 0.15) is 26.2 Å². The highest BCUT2D eigenvalue weighted by Gasteiger charge is 2.25. The van der Waals surface area contributed by atoms with Gasteiger partial charge < -0.3 is 20.1 Å². The summed E-state index contributed by atoms with van der Waals surface area (Å²) in [5.41, 5.74) is 0.254. The minimum absolute atomic E-state index is 0.150. The number of hydrogen-bond donors (Lipinski definition) is 2. The molecule has 0 aliphatic carbocycles. The molecule has 1 heterocycles. The van der Waals surface area contributed by atoms with Crippen LogP contribution in [0.15, 0.2) is 0 Å². The van der Waals surface area contributed by atoms with Crippen LogP contribution in [0.2, 0.25) is 0 Å². The lowest BCUT2D eigenvalue weighted by Gasteiger charge is -2.35. The average Bonchev–Trinajstić information content (AvgIpc) is 2.29. The second-order valence-corrected chi connectivity index (χ2v) is 4.89. The van der Waals surface area contributed by atoms with Gasteiger partial charge in [0.2, 0.25) is 0 Å². The van der Waals surface area contributed by atoms with Gasteiger partial charge in [0.15, 0.2) is 0 Å². The van der Waals surface area contributed by atoms with Crippen LogP contribution in [-0.4, -0.2) is 52.1 Å². The molecule has 1 aliphatic rings. The molecule has 1 aliphatic heterocycles. The molecule has 0 aromatic carbocycles. The third kappa shape index (κ3) is 4.78. The Labute approximate surface area is 99.1 Å². The molecule has 96 valence electrons. The third-order valence-corrected chi connectivity index (χ3v) is 3.28. The molecule has 0 radical (unpaired) electrons. The maximum Gasteiger partial charge on any atom is 0.0928 e. The topological polar surface area (TPSA) is 42.5 Å². The Kier molecular flexibility index (Phi) is 6.28. The first-order valence-electron chi connectivity index (χ1n) is 6.18. The van der Waals surface area contributed by atoms with Crippen molar-refractivity contribution in [2.45, 2.75) is 37.8 Å². The molecule has 16 heavy (non-hydrogen) atoms. The summed E-state index contributed by atoms with van der Waals surface area (Å²) in [5.74, 6) is 0. The zero-order chi connectivity index (χ0) is 11.9. The van der Waals surface area contributed by atoms with Crippen molar-refractivity contribution in [1.82, 2.24) is 10.6 Å². The monoisotopic (exact) mass is 230 g/mol. The molecule has 0 spiro atoms. The lowest BCUT2D eigenvalue weighted by molar-refractivity contribution is 0.0278. The highest BCUT2D eigenvalue weighted by atomic mass is 16.5. The molecule has 2 unspecified atom stereocenters. The molecule has 1 saturated heterocycles. The molecule has 4 nitrogen and oxygen atoms in total. The molecule has 1 rings (SSSR count). The van der Waals surface area contributed by atoms with Crippen LogP contribution in [0.3, 0.4) is 0 Å². The van der Waals surface area contributed by atoms with Crippen molar-refractivity contribution in [2.24, 2.45) is 0 Å². The number of ether oxygens (including phenoxy) is 2. The van der Waals surface area contributed by atoms with Crippen LogP contribution in [-0.2, 0) is 9.47 Å². The zero-order valence-corrected chi connectivity index (χ0v) is 10.8. The van der Waals surface area contributed by atoms with Gasteiger partial charge in [0.05, 0.1) is 12.7 Å². The molecule has 2 N–H and O–H groups in total. The summed E-state index contributed by atoms with van der Waals surface area (Å²) in [6.07, 6.45) is 4.04. The largest absolute Gasteiger partial charge is 0.382 e. The van der Waals surface area contributed by atoms with Gasteiger partial charge >= 0.3 is 0 Å². The number of rotatable bonds is 7. The van der Waals surface area contributed by atoms with E-state index in [9.17, 15) is 0 Å². The standard InChI is InChI=1S/C12H26N2O2/c1-12(6-4-5-7-14-12)10-13-8-11(16-3)9-15-2/h11,13-14H,4-10H2,1-3H3. The smallest absolute Gasteiger partial charge is 0.0928 e. The van der Waals surface area contributed by atoms with Crippen molar-refractivity contribution in [3.8, 4) is 0 Å². The number of nitrogens with one attached hydrogen (secondary N) is 2. The summed E-state index contributed by atoms with van der Waals surface area (Å²) in [7, 11) is 3.43. The van der Waals surface area contributed by atoms with E-state index in [0.29, 0.717) is 6.61 Å². The van der Waals surface area contributed by atoms with E-state index in [4.69, 9.17) is 9.47 Å². The van der Waals surface area contributed by atoms with Crippen molar-refractivity contribution >= 4 is 0 Å². The quantitative estimate of drug-likeness (QED) is 0.678. The van der Waals surface area contributed by atoms with Gasteiger partial charge in [0.1, 0.15) is 0 Å². The van der Waals surface area contributed by atoms with Gasteiger partial charge in [-0.25, -0.2) is 0 Å². The SMILES string of the molecule is COCC(CNCC1(C)CCCCN1)OC. The summed E-state index contributed by atoms with van der Waals surface area (Å²) in [5, 5.41) is 7.05. The van der Waals surface area contributed by atoms with Crippen LogP contribution in [0.4, 0.5) is 0 Å². The van der Waals surface area contributed by atoms with Crippen LogP contribution in [0.25, 0.3) is 0 Å². The van der Waals surface area contributed by atoms with Gasteiger partial charge in [0, 0.05) is 32.8 Å². The van der Waals surface area contributed by atoms with Gasteiger partial charge in [-0.3, -0.25) is 0 Å². The van der Waals surface area contributed by atoms with E-state index in [2.05, 4.69) is 17.6 Å². The Balaban J connectivity index is 2.17. The van der Waals surface area contributed by atoms with E-state index in [0.717, 1.165) is 19.6 Å². The van der Waals surface area contributed by atoms with Crippen molar-refractivity contribution < 1.29 is 9.47 Å². The zero-order valence-electron chi connectivity index (χ0n) is 10.8. The summed E-state index contributed by atoms with van der Waals surface area (Å²) >= 11 is 0. The van der Waals surface area contributed by atoms with Gasteiger partial charge in [0.25, 0.3) is 0 Å². The number of methoxy groups -OCH3 is 2. The molecule has 4 heteroatoms. The predicted octanol–water partition coefficient (Wildman–Crippen LogP) is 0.770. The first-order chi connectivity index (χ1) is 7.70. The fourth-order valence-corrected chi connectivity index (χ4v) is 2.17. The molecule has 0 amide bonds. The number of piperidine rings is 1. The fourth-order valence-electron chi connectivity index (χ4n) is 2.17. The summed E-state index contributed by atoms with van der Waals surface area (Å²) < 4.78 is 10.4.